The fourth-order valence-corrected chi connectivity index (χ4v) is 3.35. The van der Waals surface area contributed by atoms with E-state index >= 15 is 0 Å². The number of hydrogen-bond donors (Lipinski definition) is 2. The van der Waals surface area contributed by atoms with Crippen LogP contribution in [0, 0.1) is 17.2 Å². The van der Waals surface area contributed by atoms with E-state index in [0.29, 0.717) is 11.3 Å². The Balaban J connectivity index is 1.75. The van der Waals surface area contributed by atoms with Crippen LogP contribution in [0.5, 0.6) is 0 Å². The van der Waals surface area contributed by atoms with Gasteiger partial charge in [0, 0.05) is 4.48 Å². The predicted octanol–water partition coefficient (Wildman–Crippen LogP) is 2.57. The molecule has 1 heterocycles. The summed E-state index contributed by atoms with van der Waals surface area (Å²) in [7, 11) is 0. The topological polar surface area (TPSA) is 113 Å². The molecule has 0 radical (unpaired) electrons. The van der Waals surface area contributed by atoms with Gasteiger partial charge in [0.15, 0.2) is 0 Å². The van der Waals surface area contributed by atoms with E-state index in [1.165, 1.54) is 0 Å². The number of nitrogens with two attached hydrogens (primary N) is 1. The van der Waals surface area contributed by atoms with E-state index in [2.05, 4.69) is 37.5 Å². The third kappa shape index (κ3) is 5.07. The molecule has 0 saturated heterocycles. The molecule has 1 aliphatic heterocycles. The van der Waals surface area contributed by atoms with Gasteiger partial charge in [-0.25, -0.2) is 0 Å². The van der Waals surface area contributed by atoms with Crippen LogP contribution in [-0.2, 0) is 16.1 Å². The minimum atomic E-state index is -1.04. The van der Waals surface area contributed by atoms with Crippen molar-refractivity contribution < 1.29 is 9.53 Å². The van der Waals surface area contributed by atoms with Crippen molar-refractivity contribution in [3.05, 3.63) is 58.1 Å². The molecule has 0 spiro atoms. The lowest BCUT2D eigenvalue weighted by atomic mass is 9.90. The van der Waals surface area contributed by atoms with Gasteiger partial charge in [-0.2, -0.15) is 15.5 Å². The van der Waals surface area contributed by atoms with Crippen LogP contribution in [0.2, 0.25) is 0 Å². The number of nitrogens with one attached hydrogen (secondary N) is 1. The summed E-state index contributed by atoms with van der Waals surface area (Å²) in [5.74, 6) is -0.454. The summed E-state index contributed by atoms with van der Waals surface area (Å²) in [6, 6.07) is 8.90. The molecule has 3 N–H and O–H groups in total. The van der Waals surface area contributed by atoms with Crippen LogP contribution in [0.25, 0.3) is 0 Å². The van der Waals surface area contributed by atoms with E-state index in [9.17, 15) is 10.1 Å². The van der Waals surface area contributed by atoms with Crippen molar-refractivity contribution in [2.45, 2.75) is 32.0 Å². The number of allylic oxidation sites excluding steroid dienone is 4. The maximum atomic E-state index is 12.5. The number of nitriles is 1. The van der Waals surface area contributed by atoms with E-state index in [4.69, 9.17) is 10.5 Å². The normalized spacial score (nSPS) is 18.9. The molecule has 1 aromatic carbocycles. The lowest BCUT2D eigenvalue weighted by molar-refractivity contribution is -0.125. The quantitative estimate of drug-likeness (QED) is 0.657. The number of carbonyl (C=O) groups excluding carboxylic acids is 1. The average molecular weight is 456 g/mol. The molecule has 1 unspecified atom stereocenters. The first kappa shape index (κ1) is 21.1. The van der Waals surface area contributed by atoms with E-state index < -0.39 is 11.6 Å². The Morgan fingerprint density at radius 1 is 1.38 bits per heavy atom. The number of rotatable bonds is 7. The van der Waals surface area contributed by atoms with Crippen molar-refractivity contribution in [3.8, 4) is 6.07 Å². The summed E-state index contributed by atoms with van der Waals surface area (Å²) in [6.07, 6.45) is 5.78. The molecule has 3 rings (SSSR count). The highest BCUT2D eigenvalue weighted by molar-refractivity contribution is 9.11. The molecule has 1 amide bonds. The molecule has 2 aliphatic rings. The summed E-state index contributed by atoms with van der Waals surface area (Å²) in [4.78, 5) is 12.5. The van der Waals surface area contributed by atoms with Crippen LogP contribution in [0.1, 0.15) is 25.0 Å². The van der Waals surface area contributed by atoms with E-state index in [1.807, 2.05) is 30.4 Å². The standard InChI is InChI=1S/C21H22BrN5O2/c1-21(2,24)20(28)25-18(12-29-11-14-6-4-3-5-13(14)10-23)19-16-9-15(22)7-8-17(16)26-27-19/h3-9,16,18H,11-12,24H2,1-2H3,(H,25,28)/t16?,18-/m1/s1. The molecule has 0 bridgehead atoms. The monoisotopic (exact) mass is 455 g/mol. The molecule has 2 atom stereocenters. The number of halogens is 1. The summed E-state index contributed by atoms with van der Waals surface area (Å²) < 4.78 is 6.79. The Bertz CT molecular complexity index is 966. The third-order valence-corrected chi connectivity index (χ3v) is 5.11. The fraction of sp³-hybridized carbons (Fsp3) is 0.333. The Hall–Kier alpha value is -2.60. The smallest absolute Gasteiger partial charge is 0.240 e. The van der Waals surface area contributed by atoms with Crippen LogP contribution in [0.15, 0.2) is 57.2 Å². The van der Waals surface area contributed by atoms with Gasteiger partial charge < -0.3 is 15.8 Å². The molecule has 8 heteroatoms. The summed E-state index contributed by atoms with van der Waals surface area (Å²) in [6.45, 7) is 3.70. The minimum Gasteiger partial charge on any atom is -0.374 e. The maximum Gasteiger partial charge on any atom is 0.240 e. The van der Waals surface area contributed by atoms with Crippen molar-refractivity contribution >= 4 is 33.3 Å². The molecule has 1 aromatic rings. The second-order valence-electron chi connectivity index (χ2n) is 7.44. The first-order valence-electron chi connectivity index (χ1n) is 9.16. The maximum absolute atomic E-state index is 12.5. The van der Waals surface area contributed by atoms with Crippen molar-refractivity contribution in [1.29, 1.82) is 5.26 Å². The highest BCUT2D eigenvalue weighted by Gasteiger charge is 2.34. The fourth-order valence-electron chi connectivity index (χ4n) is 2.95. The Labute approximate surface area is 178 Å². The Morgan fingerprint density at radius 3 is 2.86 bits per heavy atom. The van der Waals surface area contributed by atoms with Gasteiger partial charge in [0.2, 0.25) is 5.91 Å². The van der Waals surface area contributed by atoms with Crippen LogP contribution < -0.4 is 11.1 Å². The predicted molar refractivity (Wildman–Crippen MR) is 116 cm³/mol. The van der Waals surface area contributed by atoms with Gasteiger partial charge in [-0.1, -0.05) is 40.2 Å². The molecule has 0 aromatic heterocycles. The molecule has 7 nitrogen and oxygen atoms in total. The average Bonchev–Trinajstić information content (AvgIpc) is 3.09. The molecule has 29 heavy (non-hydrogen) atoms. The Morgan fingerprint density at radius 2 is 2.14 bits per heavy atom. The Kier molecular flexibility index (Phi) is 6.42. The van der Waals surface area contributed by atoms with Crippen molar-refractivity contribution in [2.24, 2.45) is 21.9 Å². The van der Waals surface area contributed by atoms with Gasteiger partial charge >= 0.3 is 0 Å². The van der Waals surface area contributed by atoms with Gasteiger partial charge in [-0.3, -0.25) is 4.79 Å². The third-order valence-electron chi connectivity index (χ3n) is 4.58. The van der Waals surface area contributed by atoms with Gasteiger partial charge in [0.1, 0.15) is 0 Å². The number of hydrogen-bond acceptors (Lipinski definition) is 6. The highest BCUT2D eigenvalue weighted by atomic mass is 79.9. The lowest BCUT2D eigenvalue weighted by Gasteiger charge is -2.26. The molecule has 0 saturated carbocycles. The summed E-state index contributed by atoms with van der Waals surface area (Å²) in [5, 5.41) is 20.7. The van der Waals surface area contributed by atoms with Crippen molar-refractivity contribution in [1.82, 2.24) is 5.32 Å². The SMILES string of the molecule is CC(C)(N)C(=O)N[C@H](COCc1ccccc1C#N)C1=NN=C2C=CC(Br)=CC21. The second kappa shape index (κ2) is 8.82. The summed E-state index contributed by atoms with van der Waals surface area (Å²) in [5.41, 5.74) is 7.75. The minimum absolute atomic E-state index is 0.143. The number of benzene rings is 1. The zero-order valence-electron chi connectivity index (χ0n) is 16.2. The molecular formula is C21H22BrN5O2. The van der Waals surface area contributed by atoms with Gasteiger partial charge in [-0.15, -0.1) is 0 Å². The van der Waals surface area contributed by atoms with Crippen molar-refractivity contribution in [3.63, 3.8) is 0 Å². The van der Waals surface area contributed by atoms with Crippen LogP contribution in [0.3, 0.4) is 0 Å². The number of nitrogens with zero attached hydrogens (tertiary/aromatic N) is 3. The number of fused-ring (bicyclic) bond motifs is 1. The highest BCUT2D eigenvalue weighted by Crippen LogP contribution is 2.26. The van der Waals surface area contributed by atoms with Crippen LogP contribution in [0.4, 0.5) is 0 Å². The van der Waals surface area contributed by atoms with Gasteiger partial charge in [-0.05, 0) is 37.6 Å². The molecular weight excluding hydrogens is 434 g/mol. The molecule has 1 aliphatic carbocycles. The lowest BCUT2D eigenvalue weighted by Crippen LogP contribution is -2.56. The first-order valence-corrected chi connectivity index (χ1v) is 9.95. The number of amides is 1. The zero-order chi connectivity index (χ0) is 21.0. The van der Waals surface area contributed by atoms with Crippen LogP contribution >= 0.6 is 15.9 Å². The van der Waals surface area contributed by atoms with E-state index in [1.54, 1.807) is 26.0 Å². The zero-order valence-corrected chi connectivity index (χ0v) is 17.8. The second-order valence-corrected chi connectivity index (χ2v) is 8.36. The summed E-state index contributed by atoms with van der Waals surface area (Å²) >= 11 is 3.48. The van der Waals surface area contributed by atoms with E-state index in [-0.39, 0.29) is 25.0 Å². The van der Waals surface area contributed by atoms with Crippen molar-refractivity contribution in [2.75, 3.05) is 6.61 Å². The largest absolute Gasteiger partial charge is 0.374 e. The van der Waals surface area contributed by atoms with Gasteiger partial charge in [0.25, 0.3) is 0 Å². The first-order chi connectivity index (χ1) is 13.8. The van der Waals surface area contributed by atoms with E-state index in [0.717, 1.165) is 15.8 Å². The molecule has 0 fully saturated rings. The molecule has 150 valence electrons. The number of carbonyl (C=O) groups is 1. The van der Waals surface area contributed by atoms with Gasteiger partial charge in [0.05, 0.1) is 53.8 Å². The number of ether oxygens (including phenoxy) is 1. The van der Waals surface area contributed by atoms with Crippen LogP contribution in [-0.4, -0.2) is 35.5 Å².